The molecule has 34 heavy (non-hydrogen) atoms. The molecule has 0 radical (unpaired) electrons. The highest BCUT2D eigenvalue weighted by Gasteiger charge is 2.53. The van der Waals surface area contributed by atoms with E-state index < -0.39 is 0 Å². The monoisotopic (exact) mass is 474 g/mol. The molecule has 4 aliphatic rings. The maximum atomic E-state index is 5.54. The van der Waals surface area contributed by atoms with Crippen LogP contribution in [0.4, 0.5) is 0 Å². The van der Waals surface area contributed by atoms with Crippen LogP contribution in [0.2, 0.25) is 0 Å². The number of nitrogens with two attached hydrogens (primary N) is 1. The average Bonchev–Trinajstić information content (AvgIpc) is 3.55. The van der Waals surface area contributed by atoms with Crippen LogP contribution >= 0.6 is 0 Å². The molecule has 6 atom stereocenters. The van der Waals surface area contributed by atoms with Gasteiger partial charge in [-0.25, -0.2) is 0 Å². The van der Waals surface area contributed by atoms with E-state index in [1.165, 1.54) is 70.6 Å². The molecule has 0 saturated heterocycles. The zero-order valence-electron chi connectivity index (χ0n) is 23.1. The van der Waals surface area contributed by atoms with Crippen LogP contribution in [0, 0.1) is 46.3 Å². The first-order valence-electron chi connectivity index (χ1n) is 15.2. The lowest BCUT2D eigenvalue weighted by atomic mass is 9.66. The molecule has 198 valence electrons. The molecular formula is C30H58N4. The van der Waals surface area contributed by atoms with Gasteiger partial charge in [0.2, 0.25) is 0 Å². The molecule has 5 N–H and O–H groups in total. The molecule has 4 rings (SSSR count). The Labute approximate surface area is 211 Å². The van der Waals surface area contributed by atoms with Crippen molar-refractivity contribution < 1.29 is 0 Å². The highest BCUT2D eigenvalue weighted by atomic mass is 15.0. The maximum Gasteiger partial charge on any atom is 0.00793 e. The van der Waals surface area contributed by atoms with Crippen LogP contribution in [0.25, 0.3) is 0 Å². The molecule has 0 aromatic carbocycles. The molecule has 0 aromatic rings. The van der Waals surface area contributed by atoms with E-state index >= 15 is 0 Å². The van der Waals surface area contributed by atoms with Crippen LogP contribution in [0.1, 0.15) is 98.3 Å². The van der Waals surface area contributed by atoms with E-state index in [1.54, 1.807) is 0 Å². The van der Waals surface area contributed by atoms with Crippen LogP contribution < -0.4 is 21.7 Å². The van der Waals surface area contributed by atoms with E-state index in [0.717, 1.165) is 74.8 Å². The molecule has 0 aliphatic heterocycles. The highest BCUT2D eigenvalue weighted by Crippen LogP contribution is 2.62. The van der Waals surface area contributed by atoms with Crippen LogP contribution in [0.3, 0.4) is 0 Å². The minimum Gasteiger partial charge on any atom is -0.329 e. The second-order valence-corrected chi connectivity index (χ2v) is 13.8. The maximum absolute atomic E-state index is 5.54. The third kappa shape index (κ3) is 6.03. The summed E-state index contributed by atoms with van der Waals surface area (Å²) in [5.74, 6) is 6.00. The van der Waals surface area contributed by atoms with Gasteiger partial charge in [0.15, 0.2) is 0 Å². The van der Waals surface area contributed by atoms with Gasteiger partial charge in [0.25, 0.3) is 0 Å². The Kier molecular flexibility index (Phi) is 9.43. The quantitative estimate of drug-likeness (QED) is 0.233. The van der Waals surface area contributed by atoms with Crippen molar-refractivity contribution in [2.75, 3.05) is 39.3 Å². The zero-order chi connectivity index (χ0) is 24.2. The predicted molar refractivity (Wildman–Crippen MR) is 146 cm³/mol. The fourth-order valence-corrected chi connectivity index (χ4v) is 9.32. The zero-order valence-corrected chi connectivity index (χ0v) is 23.1. The average molecular weight is 475 g/mol. The van der Waals surface area contributed by atoms with Crippen molar-refractivity contribution in [3.8, 4) is 0 Å². The van der Waals surface area contributed by atoms with Gasteiger partial charge in [0, 0.05) is 32.2 Å². The smallest absolute Gasteiger partial charge is 0.00793 e. The minimum absolute atomic E-state index is 0.583. The van der Waals surface area contributed by atoms with E-state index in [0.29, 0.717) is 16.9 Å². The summed E-state index contributed by atoms with van der Waals surface area (Å²) in [6.07, 6.45) is 16.0. The van der Waals surface area contributed by atoms with E-state index in [1.807, 2.05) is 0 Å². The number of hydrogen-bond donors (Lipinski definition) is 4. The predicted octanol–water partition coefficient (Wildman–Crippen LogP) is 5.18. The van der Waals surface area contributed by atoms with Gasteiger partial charge in [0.1, 0.15) is 0 Å². The molecule has 4 aliphatic carbocycles. The summed E-state index contributed by atoms with van der Waals surface area (Å²) in [7, 11) is 0. The topological polar surface area (TPSA) is 62.1 Å². The number of hydrogen-bond acceptors (Lipinski definition) is 4. The van der Waals surface area contributed by atoms with Crippen molar-refractivity contribution in [1.29, 1.82) is 0 Å². The lowest BCUT2D eigenvalue weighted by Gasteiger charge is -2.40. The van der Waals surface area contributed by atoms with Crippen LogP contribution in [0.5, 0.6) is 0 Å². The SMILES string of the molecule is CC1(C)C2CCC(C2)C1CCC(CCC1C2CCC(C2)C1(C)C)NCCNCCCNCCN. The van der Waals surface area contributed by atoms with Gasteiger partial charge in [-0.1, -0.05) is 27.7 Å². The summed E-state index contributed by atoms with van der Waals surface area (Å²) < 4.78 is 0. The Balaban J connectivity index is 1.22. The molecule has 0 heterocycles. The largest absolute Gasteiger partial charge is 0.329 e. The lowest BCUT2D eigenvalue weighted by Crippen LogP contribution is -2.39. The summed E-state index contributed by atoms with van der Waals surface area (Å²) in [4.78, 5) is 0. The van der Waals surface area contributed by atoms with Crippen molar-refractivity contribution >= 4 is 0 Å². The Bertz CT molecular complexity index is 575. The Morgan fingerprint density at radius 2 is 1.24 bits per heavy atom. The standard InChI is InChI=1S/C30H58N4/c1-29(2)24-8-6-22(20-24)27(29)12-10-26(34-19-18-33-16-5-15-32-17-14-31)11-13-28-23-7-9-25(21-23)30(28,3)4/h22-28,32-34H,5-21,31H2,1-4H3. The first-order chi connectivity index (χ1) is 16.3. The summed E-state index contributed by atoms with van der Waals surface area (Å²) in [6, 6.07) is 0.706. The van der Waals surface area contributed by atoms with E-state index in [4.69, 9.17) is 5.73 Å². The summed E-state index contributed by atoms with van der Waals surface area (Å²) >= 11 is 0. The Hall–Kier alpha value is -0.160. The van der Waals surface area contributed by atoms with E-state index in [9.17, 15) is 0 Å². The van der Waals surface area contributed by atoms with Crippen molar-refractivity contribution in [2.24, 2.45) is 52.1 Å². The van der Waals surface area contributed by atoms with E-state index in [2.05, 4.69) is 43.6 Å². The van der Waals surface area contributed by atoms with Crippen molar-refractivity contribution in [2.45, 2.75) is 104 Å². The highest BCUT2D eigenvalue weighted by molar-refractivity contribution is 5.03. The Morgan fingerprint density at radius 1 is 0.706 bits per heavy atom. The number of fused-ring (bicyclic) bond motifs is 4. The van der Waals surface area contributed by atoms with Crippen LogP contribution in [-0.2, 0) is 0 Å². The van der Waals surface area contributed by atoms with E-state index in [-0.39, 0.29) is 0 Å². The number of nitrogens with one attached hydrogen (secondary N) is 3. The molecule has 0 amide bonds. The first kappa shape index (κ1) is 26.9. The molecule has 4 bridgehead atoms. The summed E-state index contributed by atoms with van der Waals surface area (Å²) in [5.41, 5.74) is 6.71. The van der Waals surface area contributed by atoms with Gasteiger partial charge in [0.05, 0.1) is 0 Å². The van der Waals surface area contributed by atoms with Gasteiger partial charge in [-0.2, -0.15) is 0 Å². The molecule has 4 nitrogen and oxygen atoms in total. The van der Waals surface area contributed by atoms with Crippen molar-refractivity contribution in [1.82, 2.24) is 16.0 Å². The van der Waals surface area contributed by atoms with Gasteiger partial charge < -0.3 is 21.7 Å². The number of rotatable bonds is 16. The van der Waals surface area contributed by atoms with Crippen LogP contribution in [0.15, 0.2) is 0 Å². The summed E-state index contributed by atoms with van der Waals surface area (Å²) in [6.45, 7) is 16.4. The molecule has 4 fully saturated rings. The van der Waals surface area contributed by atoms with Gasteiger partial charge >= 0.3 is 0 Å². The fraction of sp³-hybridized carbons (Fsp3) is 1.00. The Morgan fingerprint density at radius 3 is 1.71 bits per heavy atom. The second kappa shape index (κ2) is 11.9. The van der Waals surface area contributed by atoms with Gasteiger partial charge in [-0.3, -0.25) is 0 Å². The van der Waals surface area contributed by atoms with Crippen molar-refractivity contribution in [3.63, 3.8) is 0 Å². The molecule has 6 unspecified atom stereocenters. The minimum atomic E-state index is 0.583. The normalized spacial score (nSPS) is 35.9. The molecule has 4 heteroatoms. The molecule has 4 saturated carbocycles. The third-order valence-electron chi connectivity index (χ3n) is 11.5. The summed E-state index contributed by atoms with van der Waals surface area (Å²) in [5, 5.41) is 11.1. The molecule has 0 spiro atoms. The second-order valence-electron chi connectivity index (χ2n) is 13.8. The van der Waals surface area contributed by atoms with Gasteiger partial charge in [-0.05, 0) is 130 Å². The first-order valence-corrected chi connectivity index (χ1v) is 15.2. The van der Waals surface area contributed by atoms with Crippen LogP contribution in [-0.4, -0.2) is 45.3 Å². The van der Waals surface area contributed by atoms with Crippen molar-refractivity contribution in [3.05, 3.63) is 0 Å². The van der Waals surface area contributed by atoms with Gasteiger partial charge in [-0.15, -0.1) is 0 Å². The third-order valence-corrected chi connectivity index (χ3v) is 11.5. The molecule has 0 aromatic heterocycles. The fourth-order valence-electron chi connectivity index (χ4n) is 9.32. The lowest BCUT2D eigenvalue weighted by molar-refractivity contribution is 0.0996. The molecular weight excluding hydrogens is 416 g/mol.